The van der Waals surface area contributed by atoms with Gasteiger partial charge in [-0.05, 0) is 36.1 Å². The van der Waals surface area contributed by atoms with Gasteiger partial charge in [-0.15, -0.1) is 0 Å². The number of aryl methyl sites for hydroxylation is 2. The van der Waals surface area contributed by atoms with Crippen molar-refractivity contribution in [2.24, 2.45) is 0 Å². The van der Waals surface area contributed by atoms with Crippen LogP contribution in [0.25, 0.3) is 0 Å². The molecule has 1 aromatic rings. The maximum atomic E-state index is 11.6. The molecule has 0 aliphatic heterocycles. The summed E-state index contributed by atoms with van der Waals surface area (Å²) in [5, 5.41) is 2.88. The van der Waals surface area contributed by atoms with E-state index in [0.717, 1.165) is 24.6 Å². The molecule has 0 amide bonds. The molecule has 1 aromatic carbocycles. The number of carbonyl (C=O) groups excluding carboxylic acids is 2. The Labute approximate surface area is 111 Å². The van der Waals surface area contributed by atoms with Crippen LogP contribution in [-0.2, 0) is 31.9 Å². The van der Waals surface area contributed by atoms with Gasteiger partial charge in [0.05, 0.1) is 20.3 Å². The van der Waals surface area contributed by atoms with Crippen LogP contribution in [-0.4, -0.2) is 26.2 Å². The first-order valence-corrected chi connectivity index (χ1v) is 5.91. The van der Waals surface area contributed by atoms with Crippen LogP contribution in [0.1, 0.15) is 11.1 Å². The Morgan fingerprint density at radius 2 is 1.89 bits per heavy atom. The van der Waals surface area contributed by atoms with Crippen molar-refractivity contribution in [3.05, 3.63) is 41.1 Å². The fourth-order valence-corrected chi connectivity index (χ4v) is 1.86. The zero-order chi connectivity index (χ0) is 13.8. The van der Waals surface area contributed by atoms with Crippen molar-refractivity contribution in [3.63, 3.8) is 0 Å². The van der Waals surface area contributed by atoms with Crippen LogP contribution < -0.4 is 5.32 Å². The minimum absolute atomic E-state index is 0.0497. The van der Waals surface area contributed by atoms with E-state index in [1.807, 2.05) is 18.2 Å². The lowest BCUT2D eigenvalue weighted by atomic mass is 9.88. The zero-order valence-electron chi connectivity index (χ0n) is 10.9. The van der Waals surface area contributed by atoms with Crippen LogP contribution in [0.4, 0.5) is 5.69 Å². The largest absolute Gasteiger partial charge is 0.466 e. The van der Waals surface area contributed by atoms with Gasteiger partial charge in [-0.2, -0.15) is 0 Å². The molecule has 19 heavy (non-hydrogen) atoms. The second-order valence-corrected chi connectivity index (χ2v) is 4.18. The van der Waals surface area contributed by atoms with Crippen LogP contribution >= 0.6 is 0 Å². The van der Waals surface area contributed by atoms with E-state index in [-0.39, 0.29) is 5.70 Å². The highest BCUT2D eigenvalue weighted by atomic mass is 16.5. The molecule has 5 heteroatoms. The maximum absolute atomic E-state index is 11.6. The van der Waals surface area contributed by atoms with Crippen molar-refractivity contribution >= 4 is 17.6 Å². The van der Waals surface area contributed by atoms with Gasteiger partial charge in [0.15, 0.2) is 0 Å². The monoisotopic (exact) mass is 261 g/mol. The molecular formula is C14H15NO4. The van der Waals surface area contributed by atoms with Gasteiger partial charge < -0.3 is 14.8 Å². The number of ether oxygens (including phenoxy) is 2. The number of fused-ring (bicyclic) bond motifs is 1. The number of hydrogen-bond acceptors (Lipinski definition) is 5. The van der Waals surface area contributed by atoms with E-state index >= 15 is 0 Å². The van der Waals surface area contributed by atoms with Crippen molar-refractivity contribution in [1.29, 1.82) is 0 Å². The molecule has 0 unspecified atom stereocenters. The van der Waals surface area contributed by atoms with Gasteiger partial charge >= 0.3 is 11.9 Å². The number of rotatable bonds is 4. The van der Waals surface area contributed by atoms with Crippen LogP contribution in [0.15, 0.2) is 30.0 Å². The van der Waals surface area contributed by atoms with Crippen LogP contribution in [0.5, 0.6) is 0 Å². The van der Waals surface area contributed by atoms with Gasteiger partial charge in [0.2, 0.25) is 0 Å². The molecule has 5 nitrogen and oxygen atoms in total. The van der Waals surface area contributed by atoms with Crippen molar-refractivity contribution < 1.29 is 19.1 Å². The van der Waals surface area contributed by atoms with Crippen molar-refractivity contribution in [2.45, 2.75) is 12.8 Å². The Balaban J connectivity index is 2.19. The highest BCUT2D eigenvalue weighted by Gasteiger charge is 2.16. The van der Waals surface area contributed by atoms with Crippen molar-refractivity contribution in [1.82, 2.24) is 0 Å². The van der Waals surface area contributed by atoms with E-state index in [2.05, 4.69) is 14.8 Å². The summed E-state index contributed by atoms with van der Waals surface area (Å²) in [5.41, 5.74) is 3.38. The lowest BCUT2D eigenvalue weighted by Crippen LogP contribution is -2.16. The number of esters is 2. The Hall–Kier alpha value is -2.30. The van der Waals surface area contributed by atoms with Crippen LogP contribution in [0, 0.1) is 0 Å². The van der Waals surface area contributed by atoms with Crippen LogP contribution in [0.3, 0.4) is 0 Å². The highest BCUT2D eigenvalue weighted by molar-refractivity contribution is 5.98. The summed E-state index contributed by atoms with van der Waals surface area (Å²) in [5.74, 6) is -1.23. The standard InChI is InChI=1S/C14H15NO4/c1-18-13(16)8-12(14(17)19-2)15-11-6-5-9-3-4-10(9)7-11/h5-8,15H,3-4H2,1-2H3/b12-8+. The normalized spacial score (nSPS) is 13.1. The Bertz CT molecular complexity index is 548. The average molecular weight is 261 g/mol. The fourth-order valence-electron chi connectivity index (χ4n) is 1.86. The second-order valence-electron chi connectivity index (χ2n) is 4.18. The van der Waals surface area contributed by atoms with E-state index in [4.69, 9.17) is 0 Å². The molecule has 0 saturated heterocycles. The summed E-state index contributed by atoms with van der Waals surface area (Å²) in [6, 6.07) is 5.84. The first-order chi connectivity index (χ1) is 9.13. The maximum Gasteiger partial charge on any atom is 0.354 e. The van der Waals surface area contributed by atoms with E-state index < -0.39 is 11.9 Å². The SMILES string of the molecule is COC(=O)/C=C(/Nc1ccc2c(c1)CC2)C(=O)OC. The number of anilines is 1. The summed E-state index contributed by atoms with van der Waals surface area (Å²) in [6.45, 7) is 0. The van der Waals surface area contributed by atoms with E-state index in [1.54, 1.807) is 0 Å². The quantitative estimate of drug-likeness (QED) is 0.656. The molecule has 0 bridgehead atoms. The lowest BCUT2D eigenvalue weighted by molar-refractivity contribution is -0.138. The third-order valence-electron chi connectivity index (χ3n) is 3.02. The molecular weight excluding hydrogens is 246 g/mol. The van der Waals surface area contributed by atoms with Gasteiger partial charge in [0.1, 0.15) is 5.70 Å². The zero-order valence-corrected chi connectivity index (χ0v) is 10.9. The number of carbonyl (C=O) groups is 2. The van der Waals surface area contributed by atoms with E-state index in [1.165, 1.54) is 25.3 Å². The summed E-state index contributed by atoms with van der Waals surface area (Å²) in [4.78, 5) is 22.8. The Morgan fingerprint density at radius 3 is 2.42 bits per heavy atom. The minimum atomic E-state index is -0.618. The summed E-state index contributed by atoms with van der Waals surface area (Å²) in [6.07, 6.45) is 3.21. The molecule has 1 aliphatic carbocycles. The third-order valence-corrected chi connectivity index (χ3v) is 3.02. The topological polar surface area (TPSA) is 64.6 Å². The molecule has 2 rings (SSSR count). The van der Waals surface area contributed by atoms with Gasteiger partial charge in [0, 0.05) is 5.69 Å². The first kappa shape index (κ1) is 13.1. The number of benzene rings is 1. The Morgan fingerprint density at radius 1 is 1.16 bits per heavy atom. The van der Waals surface area contributed by atoms with E-state index in [9.17, 15) is 9.59 Å². The average Bonchev–Trinajstić information content (AvgIpc) is 2.39. The third kappa shape index (κ3) is 2.93. The summed E-state index contributed by atoms with van der Waals surface area (Å²) < 4.78 is 9.12. The van der Waals surface area contributed by atoms with Crippen molar-refractivity contribution in [3.8, 4) is 0 Å². The first-order valence-electron chi connectivity index (χ1n) is 5.91. The van der Waals surface area contributed by atoms with Crippen LogP contribution in [0.2, 0.25) is 0 Å². The molecule has 0 aromatic heterocycles. The van der Waals surface area contributed by atoms with E-state index in [0.29, 0.717) is 0 Å². The predicted octanol–water partition coefficient (Wildman–Crippen LogP) is 1.43. The Kier molecular flexibility index (Phi) is 3.85. The number of hydrogen-bond donors (Lipinski definition) is 1. The van der Waals surface area contributed by atoms with Gasteiger partial charge in [-0.1, -0.05) is 6.07 Å². The molecule has 0 atom stereocenters. The number of methoxy groups -OCH3 is 2. The molecule has 0 spiro atoms. The summed E-state index contributed by atoms with van der Waals surface area (Å²) >= 11 is 0. The second kappa shape index (κ2) is 5.56. The molecule has 0 radical (unpaired) electrons. The minimum Gasteiger partial charge on any atom is -0.466 e. The van der Waals surface area contributed by atoms with Crippen molar-refractivity contribution in [2.75, 3.05) is 19.5 Å². The molecule has 0 saturated carbocycles. The summed E-state index contributed by atoms with van der Waals surface area (Å²) in [7, 11) is 2.51. The molecule has 0 fully saturated rings. The smallest absolute Gasteiger partial charge is 0.354 e. The molecule has 100 valence electrons. The molecule has 0 heterocycles. The number of nitrogens with one attached hydrogen (secondary N) is 1. The fraction of sp³-hybridized carbons (Fsp3) is 0.286. The predicted molar refractivity (Wildman–Crippen MR) is 69.6 cm³/mol. The van der Waals surface area contributed by atoms with Gasteiger partial charge in [0.25, 0.3) is 0 Å². The van der Waals surface area contributed by atoms with Gasteiger partial charge in [-0.3, -0.25) is 0 Å². The highest BCUT2D eigenvalue weighted by Crippen LogP contribution is 2.26. The molecule has 1 N–H and O–H groups in total. The lowest BCUT2D eigenvalue weighted by Gasteiger charge is -2.20. The molecule has 1 aliphatic rings. The van der Waals surface area contributed by atoms with Gasteiger partial charge in [-0.25, -0.2) is 9.59 Å².